The van der Waals surface area contributed by atoms with Crippen molar-refractivity contribution >= 4 is 28.3 Å². The number of morpholine rings is 1. The van der Waals surface area contributed by atoms with E-state index in [-0.39, 0.29) is 6.10 Å². The van der Waals surface area contributed by atoms with E-state index in [0.29, 0.717) is 18.0 Å². The van der Waals surface area contributed by atoms with Gasteiger partial charge in [0.15, 0.2) is 11.6 Å². The van der Waals surface area contributed by atoms with Crippen molar-refractivity contribution in [1.82, 2.24) is 34.1 Å². The van der Waals surface area contributed by atoms with Gasteiger partial charge < -0.3 is 24.3 Å². The molecule has 33 heavy (non-hydrogen) atoms. The summed E-state index contributed by atoms with van der Waals surface area (Å²) in [5.74, 6) is 3.19. The molecule has 0 amide bonds. The third-order valence-electron chi connectivity index (χ3n) is 6.39. The molecule has 6 rings (SSSR count). The number of fused-ring (bicyclic) bond motifs is 2. The maximum atomic E-state index is 5.99. The fourth-order valence-electron chi connectivity index (χ4n) is 4.64. The molecule has 0 unspecified atom stereocenters. The van der Waals surface area contributed by atoms with Crippen molar-refractivity contribution in [2.45, 2.75) is 32.4 Å². The molecular weight excluding hydrogens is 422 g/mol. The number of aryl methyl sites for hydroxylation is 1. The molecule has 0 radical (unpaired) electrons. The molecule has 1 atom stereocenters. The van der Waals surface area contributed by atoms with E-state index < -0.39 is 0 Å². The van der Waals surface area contributed by atoms with Gasteiger partial charge in [-0.1, -0.05) is 0 Å². The zero-order chi connectivity index (χ0) is 22.4. The highest BCUT2D eigenvalue weighted by atomic mass is 16.5. The van der Waals surface area contributed by atoms with Crippen molar-refractivity contribution in [2.75, 3.05) is 50.2 Å². The highest BCUT2D eigenvalue weighted by molar-refractivity contribution is 5.82. The minimum Gasteiger partial charge on any atom is -0.378 e. The smallest absolute Gasteiger partial charge is 0.203 e. The van der Waals surface area contributed by atoms with E-state index in [1.54, 1.807) is 0 Å². The highest BCUT2D eigenvalue weighted by Crippen LogP contribution is 2.29. The average Bonchev–Trinajstić information content (AvgIpc) is 3.59. The summed E-state index contributed by atoms with van der Waals surface area (Å²) in [6.45, 7) is 6.56. The molecule has 11 nitrogen and oxygen atoms in total. The van der Waals surface area contributed by atoms with Gasteiger partial charge in [0.2, 0.25) is 5.65 Å². The molecule has 11 heteroatoms. The van der Waals surface area contributed by atoms with Crippen LogP contribution in [0.1, 0.15) is 18.7 Å². The lowest BCUT2D eigenvalue weighted by molar-refractivity contribution is 0.0982. The summed E-state index contributed by atoms with van der Waals surface area (Å²) in [5, 5.41) is 11.6. The van der Waals surface area contributed by atoms with E-state index in [2.05, 4.69) is 31.0 Å². The van der Waals surface area contributed by atoms with E-state index in [1.165, 1.54) is 0 Å². The van der Waals surface area contributed by atoms with Crippen molar-refractivity contribution in [2.24, 2.45) is 0 Å². The number of imidazole rings is 1. The standard InChI is InChI=1S/C22H27N9O2/c1-14-27-28-22-20(23-2)25-17(13-30(14)22)21-26-16-11-24-19(29-5-8-32-9-6-29)10-18(16)31(21)12-15-4-3-7-33-15/h10-11,13,15H,3-9,12H2,1-2H3,(H,23,25)/t15-/m0/s1. The summed E-state index contributed by atoms with van der Waals surface area (Å²) >= 11 is 0. The monoisotopic (exact) mass is 449 g/mol. The Morgan fingerprint density at radius 1 is 1.15 bits per heavy atom. The second-order valence-electron chi connectivity index (χ2n) is 8.48. The van der Waals surface area contributed by atoms with Gasteiger partial charge in [-0.15, -0.1) is 10.2 Å². The third kappa shape index (κ3) is 3.57. The summed E-state index contributed by atoms with van der Waals surface area (Å²) in [5.41, 5.74) is 3.31. The molecule has 0 spiro atoms. The van der Waals surface area contributed by atoms with E-state index >= 15 is 0 Å². The van der Waals surface area contributed by atoms with Crippen LogP contribution in [0.2, 0.25) is 0 Å². The van der Waals surface area contributed by atoms with Gasteiger partial charge in [0.25, 0.3) is 0 Å². The summed E-state index contributed by atoms with van der Waals surface area (Å²) in [6, 6.07) is 2.13. The molecular formula is C22H27N9O2. The second-order valence-corrected chi connectivity index (χ2v) is 8.48. The number of hydrogen-bond donors (Lipinski definition) is 1. The first-order valence-corrected chi connectivity index (χ1v) is 11.4. The molecule has 6 heterocycles. The van der Waals surface area contributed by atoms with Gasteiger partial charge in [-0.2, -0.15) is 0 Å². The van der Waals surface area contributed by atoms with Crippen molar-refractivity contribution < 1.29 is 9.47 Å². The van der Waals surface area contributed by atoms with Crippen molar-refractivity contribution in [3.8, 4) is 11.5 Å². The first kappa shape index (κ1) is 20.3. The summed E-state index contributed by atoms with van der Waals surface area (Å²) in [4.78, 5) is 16.8. The number of nitrogens with one attached hydrogen (secondary N) is 1. The summed E-state index contributed by atoms with van der Waals surface area (Å²) in [7, 11) is 1.84. The number of anilines is 2. The lowest BCUT2D eigenvalue weighted by atomic mass is 10.2. The molecule has 4 aromatic rings. The molecule has 2 saturated heterocycles. The van der Waals surface area contributed by atoms with Crippen LogP contribution in [0.3, 0.4) is 0 Å². The molecule has 1 N–H and O–H groups in total. The largest absolute Gasteiger partial charge is 0.378 e. The minimum absolute atomic E-state index is 0.158. The van der Waals surface area contributed by atoms with Crippen molar-refractivity contribution in [3.63, 3.8) is 0 Å². The second kappa shape index (κ2) is 8.23. The SMILES string of the molecule is CNc1nc(-c2nc3cnc(N4CCOCC4)cc3n2C[C@@H]2CCCO2)cn2c(C)nnc12. The van der Waals surface area contributed by atoms with Crippen LogP contribution in [0, 0.1) is 6.92 Å². The minimum atomic E-state index is 0.158. The van der Waals surface area contributed by atoms with Crippen LogP contribution in [0.15, 0.2) is 18.5 Å². The maximum Gasteiger partial charge on any atom is 0.203 e. The van der Waals surface area contributed by atoms with Gasteiger partial charge in [0.05, 0.1) is 37.6 Å². The Morgan fingerprint density at radius 3 is 2.82 bits per heavy atom. The van der Waals surface area contributed by atoms with Crippen LogP contribution in [-0.4, -0.2) is 80.2 Å². The van der Waals surface area contributed by atoms with E-state index in [4.69, 9.17) is 24.4 Å². The van der Waals surface area contributed by atoms with Crippen LogP contribution in [0.25, 0.3) is 28.2 Å². The molecule has 4 aromatic heterocycles. The molecule has 0 saturated carbocycles. The molecule has 2 aliphatic rings. The molecule has 0 aromatic carbocycles. The Bertz CT molecular complexity index is 1300. The Hall–Kier alpha value is -3.31. The Balaban J connectivity index is 1.51. The van der Waals surface area contributed by atoms with E-state index in [0.717, 1.165) is 79.9 Å². The average molecular weight is 450 g/mol. The summed E-state index contributed by atoms with van der Waals surface area (Å²) < 4.78 is 15.7. The maximum absolute atomic E-state index is 5.99. The molecule has 2 fully saturated rings. The Labute approximate surface area is 190 Å². The van der Waals surface area contributed by atoms with Gasteiger partial charge in [-0.3, -0.25) is 4.40 Å². The van der Waals surface area contributed by atoms with Crippen LogP contribution in [0.5, 0.6) is 0 Å². The topological polar surface area (TPSA) is 108 Å². The highest BCUT2D eigenvalue weighted by Gasteiger charge is 2.24. The first-order valence-electron chi connectivity index (χ1n) is 11.4. The zero-order valence-corrected chi connectivity index (χ0v) is 18.9. The predicted octanol–water partition coefficient (Wildman–Crippen LogP) is 1.90. The quantitative estimate of drug-likeness (QED) is 0.489. The van der Waals surface area contributed by atoms with E-state index in [9.17, 15) is 0 Å². The Morgan fingerprint density at radius 2 is 2.03 bits per heavy atom. The van der Waals surface area contributed by atoms with Gasteiger partial charge in [0.1, 0.15) is 22.9 Å². The van der Waals surface area contributed by atoms with Gasteiger partial charge in [-0.25, -0.2) is 15.0 Å². The van der Waals surface area contributed by atoms with Gasteiger partial charge in [-0.05, 0) is 19.8 Å². The normalized spacial score (nSPS) is 19.1. The molecule has 0 aliphatic carbocycles. The lowest BCUT2D eigenvalue weighted by Crippen LogP contribution is -2.36. The fourth-order valence-corrected chi connectivity index (χ4v) is 4.64. The van der Waals surface area contributed by atoms with E-state index in [1.807, 2.05) is 30.8 Å². The number of nitrogens with zero attached hydrogens (tertiary/aromatic N) is 8. The fraction of sp³-hybridized carbons (Fsp3) is 0.500. The molecule has 2 aliphatic heterocycles. The lowest BCUT2D eigenvalue weighted by Gasteiger charge is -2.27. The van der Waals surface area contributed by atoms with Crippen molar-refractivity contribution in [1.29, 1.82) is 0 Å². The Kier molecular flexibility index (Phi) is 5.07. The summed E-state index contributed by atoms with van der Waals surface area (Å²) in [6.07, 6.45) is 6.09. The predicted molar refractivity (Wildman–Crippen MR) is 124 cm³/mol. The number of aromatic nitrogens is 7. The third-order valence-corrected chi connectivity index (χ3v) is 6.39. The van der Waals surface area contributed by atoms with Gasteiger partial charge in [0, 0.05) is 39.0 Å². The number of ether oxygens (including phenoxy) is 2. The van der Waals surface area contributed by atoms with Gasteiger partial charge >= 0.3 is 0 Å². The van der Waals surface area contributed by atoms with Crippen LogP contribution >= 0.6 is 0 Å². The van der Waals surface area contributed by atoms with Crippen molar-refractivity contribution in [3.05, 3.63) is 24.3 Å². The van der Waals surface area contributed by atoms with Crippen LogP contribution in [0.4, 0.5) is 11.6 Å². The molecule has 0 bridgehead atoms. The zero-order valence-electron chi connectivity index (χ0n) is 18.9. The van der Waals surface area contributed by atoms with Crippen LogP contribution < -0.4 is 10.2 Å². The molecule has 172 valence electrons. The number of pyridine rings is 1. The number of rotatable bonds is 5. The number of hydrogen-bond acceptors (Lipinski definition) is 9. The van der Waals surface area contributed by atoms with Crippen LogP contribution in [-0.2, 0) is 16.0 Å². The first-order chi connectivity index (χ1) is 16.2.